The third-order valence-electron chi connectivity index (χ3n) is 3.07. The van der Waals surface area contributed by atoms with E-state index in [4.69, 9.17) is 0 Å². The summed E-state index contributed by atoms with van der Waals surface area (Å²) < 4.78 is 0. The van der Waals surface area contributed by atoms with Crippen LogP contribution in [0.2, 0.25) is 0 Å². The predicted octanol–water partition coefficient (Wildman–Crippen LogP) is 3.45. The maximum absolute atomic E-state index is 11.7. The maximum Gasteiger partial charge on any atom is 0.244 e. The average Bonchev–Trinajstić information content (AvgIpc) is 2.55. The number of carbonyl (C=O) groups excluding carboxylic acids is 1. The van der Waals surface area contributed by atoms with Crippen molar-refractivity contribution in [2.45, 2.75) is 12.7 Å². The first-order valence-electron chi connectivity index (χ1n) is 7.23. The second kappa shape index (κ2) is 9.05. The van der Waals surface area contributed by atoms with Gasteiger partial charge in [-0.25, -0.2) is 0 Å². The molecule has 2 aromatic rings. The molecule has 0 aliphatic rings. The lowest BCUT2D eigenvalue weighted by molar-refractivity contribution is -0.116. The zero-order chi connectivity index (χ0) is 15.6. The van der Waals surface area contributed by atoms with Gasteiger partial charge in [-0.05, 0) is 36.3 Å². The van der Waals surface area contributed by atoms with Crippen LogP contribution in [-0.4, -0.2) is 23.2 Å². The molecule has 1 heterocycles. The summed E-state index contributed by atoms with van der Waals surface area (Å²) in [5, 5.41) is 2.89. The van der Waals surface area contributed by atoms with Crippen LogP contribution in [0.15, 0.2) is 54.9 Å². The molecule has 0 fully saturated rings. The largest absolute Gasteiger partial charge is 0.352 e. The van der Waals surface area contributed by atoms with Crippen LogP contribution in [0.4, 0.5) is 0 Å². The number of hydrogen-bond acceptors (Lipinski definition) is 3. The highest BCUT2D eigenvalue weighted by Crippen LogP contribution is 2.12. The summed E-state index contributed by atoms with van der Waals surface area (Å²) >= 11 is 1.82. The fraction of sp³-hybridized carbons (Fsp3) is 0.222. The minimum Gasteiger partial charge on any atom is -0.352 e. The van der Waals surface area contributed by atoms with E-state index in [9.17, 15) is 4.79 Å². The van der Waals surface area contributed by atoms with Gasteiger partial charge in [0.15, 0.2) is 0 Å². The molecule has 0 aliphatic heterocycles. The van der Waals surface area contributed by atoms with Crippen LogP contribution in [0.1, 0.15) is 16.7 Å². The van der Waals surface area contributed by atoms with Crippen molar-refractivity contribution in [3.8, 4) is 0 Å². The highest BCUT2D eigenvalue weighted by atomic mass is 32.2. The molecule has 0 radical (unpaired) electrons. The highest BCUT2D eigenvalue weighted by Gasteiger charge is 1.96. The Balaban J connectivity index is 1.61. The zero-order valence-corrected chi connectivity index (χ0v) is 13.5. The summed E-state index contributed by atoms with van der Waals surface area (Å²) in [5.74, 6) is 1.82. The Morgan fingerprint density at radius 2 is 1.91 bits per heavy atom. The Hall–Kier alpha value is -2.07. The lowest BCUT2D eigenvalue weighted by Gasteiger charge is -2.03. The van der Waals surface area contributed by atoms with E-state index < -0.39 is 0 Å². The van der Waals surface area contributed by atoms with Gasteiger partial charge in [0.05, 0.1) is 0 Å². The molecule has 114 valence electrons. The van der Waals surface area contributed by atoms with Crippen LogP contribution in [-0.2, 0) is 10.5 Å². The van der Waals surface area contributed by atoms with Crippen LogP contribution in [0, 0.1) is 6.92 Å². The molecule has 1 aromatic carbocycles. The summed E-state index contributed by atoms with van der Waals surface area (Å²) in [7, 11) is 0. The van der Waals surface area contributed by atoms with Crippen molar-refractivity contribution in [2.24, 2.45) is 0 Å². The molecular formula is C18H20N2OS. The topological polar surface area (TPSA) is 42.0 Å². The van der Waals surface area contributed by atoms with Crippen molar-refractivity contribution in [3.63, 3.8) is 0 Å². The first-order valence-corrected chi connectivity index (χ1v) is 8.39. The van der Waals surface area contributed by atoms with E-state index in [2.05, 4.69) is 41.5 Å². The number of nitrogens with zero attached hydrogens (tertiary/aromatic N) is 1. The summed E-state index contributed by atoms with van der Waals surface area (Å²) in [4.78, 5) is 15.6. The highest BCUT2D eigenvalue weighted by molar-refractivity contribution is 7.98. The Bertz CT molecular complexity index is 609. The number of benzene rings is 1. The Labute approximate surface area is 135 Å². The van der Waals surface area contributed by atoms with Crippen molar-refractivity contribution < 1.29 is 4.79 Å². The van der Waals surface area contributed by atoms with Crippen LogP contribution in [0.5, 0.6) is 0 Å². The number of aromatic nitrogens is 1. The number of amides is 1. The third-order valence-corrected chi connectivity index (χ3v) is 4.10. The minimum absolute atomic E-state index is 0.0623. The van der Waals surface area contributed by atoms with E-state index in [0.717, 1.165) is 17.1 Å². The monoisotopic (exact) mass is 312 g/mol. The summed E-state index contributed by atoms with van der Waals surface area (Å²) in [6.45, 7) is 2.77. The Kier molecular flexibility index (Phi) is 6.71. The normalized spacial score (nSPS) is 10.8. The van der Waals surface area contributed by atoms with Gasteiger partial charge < -0.3 is 5.32 Å². The van der Waals surface area contributed by atoms with E-state index in [1.165, 1.54) is 11.1 Å². The van der Waals surface area contributed by atoms with Crippen LogP contribution < -0.4 is 5.32 Å². The number of carbonyl (C=O) groups is 1. The molecular weight excluding hydrogens is 292 g/mol. The van der Waals surface area contributed by atoms with Crippen LogP contribution >= 0.6 is 11.8 Å². The van der Waals surface area contributed by atoms with Crippen molar-refractivity contribution in [3.05, 3.63) is 71.6 Å². The van der Waals surface area contributed by atoms with E-state index in [-0.39, 0.29) is 5.91 Å². The molecule has 22 heavy (non-hydrogen) atoms. The zero-order valence-electron chi connectivity index (χ0n) is 12.7. The number of hydrogen-bond donors (Lipinski definition) is 1. The van der Waals surface area contributed by atoms with Gasteiger partial charge >= 0.3 is 0 Å². The Morgan fingerprint density at radius 1 is 1.18 bits per heavy atom. The smallest absolute Gasteiger partial charge is 0.244 e. The van der Waals surface area contributed by atoms with Gasteiger partial charge in [0.1, 0.15) is 0 Å². The van der Waals surface area contributed by atoms with Gasteiger partial charge in [-0.1, -0.05) is 29.8 Å². The summed E-state index contributed by atoms with van der Waals surface area (Å²) in [6.07, 6.45) is 6.76. The standard InChI is InChI=1S/C18H20N2OS/c1-15-2-4-17(5-3-15)14-22-13-12-20-18(21)7-6-16-8-10-19-11-9-16/h2-11H,12-14H2,1H3,(H,20,21)/b7-6+. The lowest BCUT2D eigenvalue weighted by Crippen LogP contribution is -2.23. The second-order valence-corrected chi connectivity index (χ2v) is 6.05. The van der Waals surface area contributed by atoms with E-state index >= 15 is 0 Å². The van der Waals surface area contributed by atoms with E-state index in [0.29, 0.717) is 6.54 Å². The Morgan fingerprint density at radius 3 is 2.64 bits per heavy atom. The molecule has 1 aromatic heterocycles. The van der Waals surface area contributed by atoms with Crippen molar-refractivity contribution >= 4 is 23.7 Å². The molecule has 0 saturated carbocycles. The van der Waals surface area contributed by atoms with Crippen LogP contribution in [0.3, 0.4) is 0 Å². The fourth-order valence-corrected chi connectivity index (χ4v) is 2.65. The molecule has 3 nitrogen and oxygen atoms in total. The van der Waals surface area contributed by atoms with E-state index in [1.54, 1.807) is 24.5 Å². The second-order valence-electron chi connectivity index (χ2n) is 4.94. The first-order chi connectivity index (χ1) is 10.7. The molecule has 1 N–H and O–H groups in total. The molecule has 4 heteroatoms. The number of pyridine rings is 1. The maximum atomic E-state index is 11.7. The fourth-order valence-electron chi connectivity index (χ4n) is 1.83. The van der Waals surface area contributed by atoms with Gasteiger partial charge in [-0.3, -0.25) is 9.78 Å². The molecule has 0 spiro atoms. The summed E-state index contributed by atoms with van der Waals surface area (Å²) in [6, 6.07) is 12.3. The average molecular weight is 312 g/mol. The minimum atomic E-state index is -0.0623. The van der Waals surface area contributed by atoms with Crippen molar-refractivity contribution in [2.75, 3.05) is 12.3 Å². The number of thioether (sulfide) groups is 1. The molecule has 1 amide bonds. The van der Waals surface area contributed by atoms with Crippen molar-refractivity contribution in [1.29, 1.82) is 0 Å². The van der Waals surface area contributed by atoms with E-state index in [1.807, 2.05) is 23.9 Å². The number of nitrogens with one attached hydrogen (secondary N) is 1. The van der Waals surface area contributed by atoms with Gasteiger partial charge in [0.2, 0.25) is 5.91 Å². The molecule has 2 rings (SSSR count). The van der Waals surface area contributed by atoms with Gasteiger partial charge in [0.25, 0.3) is 0 Å². The molecule has 0 atom stereocenters. The summed E-state index contributed by atoms with van der Waals surface area (Å²) in [5.41, 5.74) is 3.57. The van der Waals surface area contributed by atoms with Crippen LogP contribution in [0.25, 0.3) is 6.08 Å². The molecule has 0 aliphatic carbocycles. The van der Waals surface area contributed by atoms with Gasteiger partial charge in [-0.15, -0.1) is 0 Å². The first kappa shape index (κ1) is 16.3. The SMILES string of the molecule is Cc1ccc(CSCCNC(=O)/C=C/c2ccncc2)cc1. The predicted molar refractivity (Wildman–Crippen MR) is 93.6 cm³/mol. The van der Waals surface area contributed by atoms with Crippen molar-refractivity contribution in [1.82, 2.24) is 10.3 Å². The number of rotatable bonds is 7. The quantitative estimate of drug-likeness (QED) is 0.629. The number of aryl methyl sites for hydroxylation is 1. The molecule has 0 unspecified atom stereocenters. The molecule has 0 bridgehead atoms. The van der Waals surface area contributed by atoms with Gasteiger partial charge in [-0.2, -0.15) is 11.8 Å². The van der Waals surface area contributed by atoms with Gasteiger partial charge in [0, 0.05) is 36.5 Å². The molecule has 0 saturated heterocycles. The lowest BCUT2D eigenvalue weighted by atomic mass is 10.2. The third kappa shape index (κ3) is 6.14.